The van der Waals surface area contributed by atoms with Gasteiger partial charge in [-0.2, -0.15) is 0 Å². The fourth-order valence-corrected chi connectivity index (χ4v) is 3.64. The molecule has 0 saturated heterocycles. The second-order valence-electron chi connectivity index (χ2n) is 7.25. The van der Waals surface area contributed by atoms with Crippen molar-refractivity contribution in [3.05, 3.63) is 59.7 Å². The lowest BCUT2D eigenvalue weighted by atomic mass is 9.85. The summed E-state index contributed by atoms with van der Waals surface area (Å²) >= 11 is 0. The predicted octanol–water partition coefficient (Wildman–Crippen LogP) is 5.84. The summed E-state index contributed by atoms with van der Waals surface area (Å²) in [7, 11) is 0. The summed E-state index contributed by atoms with van der Waals surface area (Å²) in [4.78, 5) is 12.7. The van der Waals surface area contributed by atoms with Crippen molar-refractivity contribution < 1.29 is 14.1 Å². The van der Waals surface area contributed by atoms with Crippen molar-refractivity contribution in [2.24, 2.45) is 0 Å². The van der Waals surface area contributed by atoms with E-state index in [4.69, 9.17) is 9.26 Å². The molecule has 0 unspecified atom stereocenters. The largest absolute Gasteiger partial charge is 0.486 e. The van der Waals surface area contributed by atoms with Gasteiger partial charge in [0, 0.05) is 17.2 Å². The number of hydrogen-bond donors (Lipinski definition) is 0. The first-order chi connectivity index (χ1) is 13.0. The van der Waals surface area contributed by atoms with Crippen LogP contribution in [-0.2, 0) is 0 Å². The Hall–Kier alpha value is -2.88. The zero-order chi connectivity index (χ0) is 19.0. The Bertz CT molecular complexity index is 998. The third-order valence-corrected chi connectivity index (χ3v) is 5.49. The van der Waals surface area contributed by atoms with Crippen LogP contribution in [0.4, 0.5) is 0 Å². The highest BCUT2D eigenvalue weighted by Gasteiger charge is 2.37. The minimum Gasteiger partial charge on any atom is -0.486 e. The molecular weight excluding hydrogens is 338 g/mol. The average Bonchev–Trinajstić information content (AvgIpc) is 3.18. The van der Waals surface area contributed by atoms with Crippen molar-refractivity contribution >= 4 is 5.78 Å². The van der Waals surface area contributed by atoms with E-state index in [-0.39, 0.29) is 11.4 Å². The van der Waals surface area contributed by atoms with Gasteiger partial charge in [-0.3, -0.25) is 4.79 Å². The number of ketones is 1. The molecule has 1 aliphatic heterocycles. The lowest BCUT2D eigenvalue weighted by Gasteiger charge is -2.36. The molecule has 1 aromatic heterocycles. The van der Waals surface area contributed by atoms with E-state index in [1.165, 1.54) is 5.56 Å². The number of fused-ring (bicyclic) bond motifs is 1. The van der Waals surface area contributed by atoms with Crippen molar-refractivity contribution in [3.63, 3.8) is 0 Å². The Morgan fingerprint density at radius 2 is 1.85 bits per heavy atom. The molecule has 0 radical (unpaired) electrons. The van der Waals surface area contributed by atoms with Crippen LogP contribution >= 0.6 is 0 Å². The Kier molecular flexibility index (Phi) is 4.34. The number of carbonyl (C=O) groups is 1. The summed E-state index contributed by atoms with van der Waals surface area (Å²) in [5.41, 5.74) is 4.04. The van der Waals surface area contributed by atoms with Gasteiger partial charge in [-0.25, -0.2) is 0 Å². The second-order valence-corrected chi connectivity index (χ2v) is 7.25. The van der Waals surface area contributed by atoms with Crippen LogP contribution < -0.4 is 4.74 Å². The van der Waals surface area contributed by atoms with Gasteiger partial charge in [0.2, 0.25) is 0 Å². The van der Waals surface area contributed by atoms with Crippen molar-refractivity contribution in [2.75, 3.05) is 0 Å². The number of aryl methyl sites for hydroxylation is 1. The van der Waals surface area contributed by atoms with Gasteiger partial charge in [-0.15, -0.1) is 0 Å². The zero-order valence-corrected chi connectivity index (χ0v) is 15.9. The summed E-state index contributed by atoms with van der Waals surface area (Å²) in [6.45, 7) is 6.18. The zero-order valence-electron chi connectivity index (χ0n) is 15.9. The SMILES string of the molecule is CCC1(CC)CC(=O)c2cc(-c3cc(-c4cccc(C)c4)no3)ccc2O1. The van der Waals surface area contributed by atoms with E-state index in [0.29, 0.717) is 23.5 Å². The molecule has 4 heteroatoms. The van der Waals surface area contributed by atoms with Crippen molar-refractivity contribution in [3.8, 4) is 28.3 Å². The number of hydrogen-bond acceptors (Lipinski definition) is 4. The molecule has 0 bridgehead atoms. The lowest BCUT2D eigenvalue weighted by Crippen LogP contribution is -2.40. The first-order valence-electron chi connectivity index (χ1n) is 9.44. The molecule has 0 amide bonds. The van der Waals surface area contributed by atoms with E-state index in [1.54, 1.807) is 0 Å². The molecule has 0 spiro atoms. The number of Topliss-reactive ketones (excluding diaryl/α,β-unsaturated/α-hetero) is 1. The van der Waals surface area contributed by atoms with Crippen molar-refractivity contribution in [1.82, 2.24) is 5.16 Å². The smallest absolute Gasteiger partial charge is 0.170 e. The van der Waals surface area contributed by atoms with E-state index < -0.39 is 0 Å². The number of benzene rings is 2. The third-order valence-electron chi connectivity index (χ3n) is 5.49. The number of rotatable bonds is 4. The van der Waals surface area contributed by atoms with Crippen LogP contribution in [0.1, 0.15) is 49.0 Å². The predicted molar refractivity (Wildman–Crippen MR) is 105 cm³/mol. The van der Waals surface area contributed by atoms with Crippen molar-refractivity contribution in [2.45, 2.75) is 45.6 Å². The number of nitrogens with zero attached hydrogens (tertiary/aromatic N) is 1. The van der Waals surface area contributed by atoms with Gasteiger partial charge in [0.15, 0.2) is 11.5 Å². The third kappa shape index (κ3) is 3.16. The summed E-state index contributed by atoms with van der Waals surface area (Å²) in [6.07, 6.45) is 2.05. The molecule has 1 aliphatic rings. The Labute approximate surface area is 159 Å². The fourth-order valence-electron chi connectivity index (χ4n) is 3.64. The fraction of sp³-hybridized carbons (Fsp3) is 0.304. The number of ether oxygens (including phenoxy) is 1. The highest BCUT2D eigenvalue weighted by atomic mass is 16.5. The minimum atomic E-state index is -0.379. The standard InChI is InChI=1S/C23H23NO3/c1-4-23(5-2)14-20(25)18-12-17(9-10-21(18)26-23)22-13-19(24-27-22)16-8-6-7-15(3)11-16/h6-13H,4-5,14H2,1-3H3. The highest BCUT2D eigenvalue weighted by Crippen LogP contribution is 2.39. The summed E-state index contributed by atoms with van der Waals surface area (Å²) < 4.78 is 11.8. The maximum absolute atomic E-state index is 12.7. The van der Waals surface area contributed by atoms with E-state index in [0.717, 1.165) is 29.7 Å². The highest BCUT2D eigenvalue weighted by molar-refractivity contribution is 6.01. The summed E-state index contributed by atoms with van der Waals surface area (Å²) in [5.74, 6) is 1.43. The molecule has 0 fully saturated rings. The maximum atomic E-state index is 12.7. The topological polar surface area (TPSA) is 52.3 Å². The van der Waals surface area contributed by atoms with E-state index in [1.807, 2.05) is 49.4 Å². The molecular formula is C23H23NO3. The molecule has 3 aromatic rings. The van der Waals surface area contributed by atoms with Gasteiger partial charge in [-0.05, 0) is 44.0 Å². The number of carbonyl (C=O) groups excluding carboxylic acids is 1. The quantitative estimate of drug-likeness (QED) is 0.586. The van der Waals surface area contributed by atoms with Crippen LogP contribution in [0.25, 0.3) is 22.6 Å². The molecule has 2 aromatic carbocycles. The average molecular weight is 361 g/mol. The molecule has 2 heterocycles. The first kappa shape index (κ1) is 17.5. The maximum Gasteiger partial charge on any atom is 0.170 e. The van der Waals surface area contributed by atoms with Crippen LogP contribution in [-0.4, -0.2) is 16.5 Å². The monoisotopic (exact) mass is 361 g/mol. The molecule has 138 valence electrons. The van der Waals surface area contributed by atoms with Gasteiger partial charge in [-0.1, -0.05) is 42.8 Å². The van der Waals surface area contributed by atoms with Gasteiger partial charge in [0.25, 0.3) is 0 Å². The summed E-state index contributed by atoms with van der Waals surface area (Å²) in [5, 5.41) is 4.19. The van der Waals surface area contributed by atoms with E-state index in [2.05, 4.69) is 25.1 Å². The molecule has 0 aliphatic carbocycles. The van der Waals surface area contributed by atoms with Gasteiger partial charge >= 0.3 is 0 Å². The van der Waals surface area contributed by atoms with Crippen LogP contribution in [0.3, 0.4) is 0 Å². The Balaban J connectivity index is 1.68. The summed E-state index contributed by atoms with van der Waals surface area (Å²) in [6, 6.07) is 15.7. The van der Waals surface area contributed by atoms with Gasteiger partial charge < -0.3 is 9.26 Å². The molecule has 27 heavy (non-hydrogen) atoms. The lowest BCUT2D eigenvalue weighted by molar-refractivity contribution is 0.0350. The van der Waals surface area contributed by atoms with Gasteiger partial charge in [0.1, 0.15) is 17.0 Å². The molecule has 0 atom stereocenters. The van der Waals surface area contributed by atoms with E-state index >= 15 is 0 Å². The molecule has 0 saturated carbocycles. The second kappa shape index (κ2) is 6.69. The number of aromatic nitrogens is 1. The normalized spacial score (nSPS) is 15.3. The van der Waals surface area contributed by atoms with Crippen LogP contribution in [0, 0.1) is 6.92 Å². The van der Waals surface area contributed by atoms with Crippen molar-refractivity contribution in [1.29, 1.82) is 0 Å². The Morgan fingerprint density at radius 3 is 2.59 bits per heavy atom. The minimum absolute atomic E-state index is 0.125. The molecule has 0 N–H and O–H groups in total. The Morgan fingerprint density at radius 1 is 1.04 bits per heavy atom. The van der Waals surface area contributed by atoms with Crippen LogP contribution in [0.2, 0.25) is 0 Å². The molecule has 4 nitrogen and oxygen atoms in total. The van der Waals surface area contributed by atoms with Gasteiger partial charge in [0.05, 0.1) is 12.0 Å². The molecule has 4 rings (SSSR count). The van der Waals surface area contributed by atoms with Crippen LogP contribution in [0.5, 0.6) is 5.75 Å². The van der Waals surface area contributed by atoms with Crippen LogP contribution in [0.15, 0.2) is 53.1 Å². The first-order valence-corrected chi connectivity index (χ1v) is 9.44. The van der Waals surface area contributed by atoms with E-state index in [9.17, 15) is 4.79 Å².